The number of imidazole rings is 1. The second-order valence-corrected chi connectivity index (χ2v) is 6.51. The molecule has 7 nitrogen and oxygen atoms in total. The molecule has 0 saturated carbocycles. The van der Waals surface area contributed by atoms with Crippen LogP contribution >= 0.6 is 0 Å². The highest BCUT2D eigenvalue weighted by Gasteiger charge is 2.20. The van der Waals surface area contributed by atoms with Crippen LogP contribution in [0.1, 0.15) is 22.1 Å². The van der Waals surface area contributed by atoms with Crippen LogP contribution in [0.5, 0.6) is 0 Å². The summed E-state index contributed by atoms with van der Waals surface area (Å²) in [5.74, 6) is 1.61. The molecular weight excluding hydrogens is 332 g/mol. The molecule has 1 aliphatic heterocycles. The van der Waals surface area contributed by atoms with E-state index in [0.717, 1.165) is 55.3 Å². The summed E-state index contributed by atoms with van der Waals surface area (Å²) in [6.07, 6.45) is 0. The highest BCUT2D eigenvalue weighted by molar-refractivity contribution is 5.86. The third-order valence-electron chi connectivity index (χ3n) is 4.70. The summed E-state index contributed by atoms with van der Waals surface area (Å²) in [7, 11) is 1.35. The van der Waals surface area contributed by atoms with Gasteiger partial charge in [0.05, 0.1) is 31.2 Å². The number of carbonyl (C=O) groups is 1. The second-order valence-electron chi connectivity index (χ2n) is 6.51. The predicted octanol–water partition coefficient (Wildman–Crippen LogP) is 2.26. The number of furan rings is 1. The Morgan fingerprint density at radius 1 is 1.12 bits per heavy atom. The lowest BCUT2D eigenvalue weighted by Crippen LogP contribution is -2.45. The number of fused-ring (bicyclic) bond motifs is 1. The fraction of sp³-hybridized carbons (Fsp3) is 0.368. The number of aromatic nitrogens is 2. The minimum absolute atomic E-state index is 0.256. The summed E-state index contributed by atoms with van der Waals surface area (Å²) in [5.41, 5.74) is 2.10. The summed E-state index contributed by atoms with van der Waals surface area (Å²) >= 11 is 0. The van der Waals surface area contributed by atoms with Gasteiger partial charge in [-0.05, 0) is 24.3 Å². The van der Waals surface area contributed by atoms with E-state index in [1.165, 1.54) is 7.11 Å². The van der Waals surface area contributed by atoms with Gasteiger partial charge in [0.15, 0.2) is 0 Å². The molecule has 1 N–H and O–H groups in total. The topological polar surface area (TPSA) is 74.6 Å². The Hall–Kier alpha value is -2.64. The normalized spacial score (nSPS) is 16.2. The van der Waals surface area contributed by atoms with Gasteiger partial charge in [-0.2, -0.15) is 0 Å². The molecule has 2 aromatic heterocycles. The van der Waals surface area contributed by atoms with Gasteiger partial charge in [-0.3, -0.25) is 9.80 Å². The molecule has 0 atom stereocenters. The molecule has 26 heavy (non-hydrogen) atoms. The zero-order valence-electron chi connectivity index (χ0n) is 14.8. The van der Waals surface area contributed by atoms with E-state index in [4.69, 9.17) is 4.42 Å². The quantitative estimate of drug-likeness (QED) is 0.709. The van der Waals surface area contributed by atoms with Crippen molar-refractivity contribution in [2.75, 3.05) is 33.3 Å². The zero-order valence-corrected chi connectivity index (χ0v) is 14.8. The summed E-state index contributed by atoms with van der Waals surface area (Å²) < 4.78 is 10.2. The highest BCUT2D eigenvalue weighted by atomic mass is 16.5. The van der Waals surface area contributed by atoms with E-state index in [1.807, 2.05) is 24.3 Å². The van der Waals surface area contributed by atoms with Gasteiger partial charge in [-0.1, -0.05) is 12.1 Å². The van der Waals surface area contributed by atoms with Gasteiger partial charge in [0.25, 0.3) is 0 Å². The van der Waals surface area contributed by atoms with Crippen molar-refractivity contribution in [1.29, 1.82) is 0 Å². The molecule has 1 fully saturated rings. The second kappa shape index (κ2) is 7.31. The summed E-state index contributed by atoms with van der Waals surface area (Å²) in [6.45, 7) is 5.39. The number of H-pyrrole nitrogens is 1. The van der Waals surface area contributed by atoms with Gasteiger partial charge in [0, 0.05) is 26.2 Å². The van der Waals surface area contributed by atoms with Crippen LogP contribution in [0.15, 0.2) is 40.8 Å². The lowest BCUT2D eigenvalue weighted by Gasteiger charge is -2.33. The van der Waals surface area contributed by atoms with E-state index in [-0.39, 0.29) is 5.76 Å². The van der Waals surface area contributed by atoms with Crippen LogP contribution < -0.4 is 0 Å². The Morgan fingerprint density at radius 2 is 1.85 bits per heavy atom. The van der Waals surface area contributed by atoms with Crippen molar-refractivity contribution in [2.24, 2.45) is 0 Å². The largest absolute Gasteiger partial charge is 0.463 e. The molecule has 0 aliphatic carbocycles. The molecule has 0 unspecified atom stereocenters. The molecule has 0 radical (unpaired) electrons. The molecule has 3 aromatic rings. The Bertz CT molecular complexity index is 860. The van der Waals surface area contributed by atoms with E-state index in [9.17, 15) is 4.79 Å². The number of nitrogens with zero attached hydrogens (tertiary/aromatic N) is 3. The van der Waals surface area contributed by atoms with Crippen molar-refractivity contribution < 1.29 is 13.9 Å². The zero-order chi connectivity index (χ0) is 17.9. The molecule has 1 saturated heterocycles. The maximum Gasteiger partial charge on any atom is 0.373 e. The number of ether oxygens (including phenoxy) is 1. The molecule has 136 valence electrons. The number of methoxy groups -OCH3 is 1. The molecule has 1 aliphatic rings. The number of esters is 1. The minimum atomic E-state index is -0.438. The molecule has 4 rings (SSSR count). The standard InChI is InChI=1S/C19H22N4O3/c1-25-19(24)17-7-6-14(26-17)12-22-8-10-23(11-9-22)13-18-20-15-4-2-3-5-16(15)21-18/h2-7H,8-13H2,1H3,(H,20,21). The monoisotopic (exact) mass is 354 g/mol. The van der Waals surface area contributed by atoms with Crippen LogP contribution in [-0.4, -0.2) is 59.0 Å². The van der Waals surface area contributed by atoms with Crippen molar-refractivity contribution in [2.45, 2.75) is 13.1 Å². The Labute approximate surface area is 151 Å². The van der Waals surface area contributed by atoms with Crippen LogP contribution in [0.25, 0.3) is 11.0 Å². The summed E-state index contributed by atoms with van der Waals surface area (Å²) in [4.78, 5) is 24.2. The first-order chi connectivity index (χ1) is 12.7. The average molecular weight is 354 g/mol. The number of para-hydroxylation sites is 2. The number of hydrogen-bond acceptors (Lipinski definition) is 6. The van der Waals surface area contributed by atoms with E-state index >= 15 is 0 Å². The predicted molar refractivity (Wildman–Crippen MR) is 96.7 cm³/mol. The molecule has 7 heteroatoms. The minimum Gasteiger partial charge on any atom is -0.463 e. The first-order valence-corrected chi connectivity index (χ1v) is 8.76. The number of aromatic amines is 1. The fourth-order valence-electron chi connectivity index (χ4n) is 3.29. The lowest BCUT2D eigenvalue weighted by atomic mass is 10.3. The number of carbonyl (C=O) groups excluding carboxylic acids is 1. The van der Waals surface area contributed by atoms with E-state index in [1.54, 1.807) is 6.07 Å². The Morgan fingerprint density at radius 3 is 2.58 bits per heavy atom. The molecule has 1 aromatic carbocycles. The lowest BCUT2D eigenvalue weighted by molar-refractivity contribution is 0.0559. The Balaban J connectivity index is 1.29. The summed E-state index contributed by atoms with van der Waals surface area (Å²) in [6, 6.07) is 11.6. The van der Waals surface area contributed by atoms with Crippen LogP contribution in [0.2, 0.25) is 0 Å². The average Bonchev–Trinajstić information content (AvgIpc) is 3.29. The van der Waals surface area contributed by atoms with E-state index in [2.05, 4.69) is 30.6 Å². The number of hydrogen-bond donors (Lipinski definition) is 1. The van der Waals surface area contributed by atoms with Crippen LogP contribution in [-0.2, 0) is 17.8 Å². The number of benzene rings is 1. The maximum atomic E-state index is 11.5. The van der Waals surface area contributed by atoms with E-state index in [0.29, 0.717) is 6.54 Å². The number of rotatable bonds is 5. The van der Waals surface area contributed by atoms with Gasteiger partial charge in [0.1, 0.15) is 11.6 Å². The fourth-order valence-corrected chi connectivity index (χ4v) is 3.29. The van der Waals surface area contributed by atoms with Gasteiger partial charge < -0.3 is 14.1 Å². The van der Waals surface area contributed by atoms with Gasteiger partial charge in [-0.25, -0.2) is 9.78 Å². The molecule has 0 amide bonds. The SMILES string of the molecule is COC(=O)c1ccc(CN2CCN(Cc3nc4ccccc4[nH]3)CC2)o1. The van der Waals surface area contributed by atoms with Crippen molar-refractivity contribution in [3.63, 3.8) is 0 Å². The van der Waals surface area contributed by atoms with Crippen molar-refractivity contribution >= 4 is 17.0 Å². The van der Waals surface area contributed by atoms with E-state index < -0.39 is 5.97 Å². The van der Waals surface area contributed by atoms with Crippen LogP contribution in [0, 0.1) is 0 Å². The van der Waals surface area contributed by atoms with Crippen LogP contribution in [0.3, 0.4) is 0 Å². The third kappa shape index (κ3) is 3.63. The Kier molecular flexibility index (Phi) is 4.73. The van der Waals surface area contributed by atoms with Crippen molar-refractivity contribution in [3.05, 3.63) is 53.7 Å². The summed E-state index contributed by atoms with van der Waals surface area (Å²) in [5, 5.41) is 0. The van der Waals surface area contributed by atoms with Crippen LogP contribution in [0.4, 0.5) is 0 Å². The maximum absolute atomic E-state index is 11.5. The van der Waals surface area contributed by atoms with Gasteiger partial charge >= 0.3 is 5.97 Å². The molecule has 3 heterocycles. The first-order valence-electron chi connectivity index (χ1n) is 8.76. The number of piperazine rings is 1. The van der Waals surface area contributed by atoms with Crippen molar-refractivity contribution in [1.82, 2.24) is 19.8 Å². The van der Waals surface area contributed by atoms with Gasteiger partial charge in [0.2, 0.25) is 5.76 Å². The molecular formula is C19H22N4O3. The number of nitrogens with one attached hydrogen (secondary N) is 1. The highest BCUT2D eigenvalue weighted by Crippen LogP contribution is 2.15. The van der Waals surface area contributed by atoms with Gasteiger partial charge in [-0.15, -0.1) is 0 Å². The molecule has 0 bridgehead atoms. The smallest absolute Gasteiger partial charge is 0.373 e. The third-order valence-corrected chi connectivity index (χ3v) is 4.70. The molecule has 0 spiro atoms. The first kappa shape index (κ1) is 16.8. The van der Waals surface area contributed by atoms with Crippen molar-refractivity contribution in [3.8, 4) is 0 Å².